The van der Waals surface area contributed by atoms with Gasteiger partial charge < -0.3 is 5.11 Å². The molecule has 178 valence electrons. The van der Waals surface area contributed by atoms with Crippen LogP contribution in [0, 0.1) is 13.8 Å². The Bertz CT molecular complexity index is 1120. The Kier molecular flexibility index (Phi) is 7.73. The summed E-state index contributed by atoms with van der Waals surface area (Å²) in [5.41, 5.74) is 8.78. The number of aromatic nitrogens is 2. The molecule has 4 rings (SSSR count). The second kappa shape index (κ2) is 10.9. The average molecular weight is 458 g/mol. The number of hydrogen-bond acceptors (Lipinski definition) is 4. The van der Waals surface area contributed by atoms with Crippen molar-refractivity contribution in [2.24, 2.45) is 0 Å². The van der Waals surface area contributed by atoms with E-state index in [1.807, 2.05) is 0 Å². The lowest BCUT2D eigenvalue weighted by Crippen LogP contribution is -2.34. The summed E-state index contributed by atoms with van der Waals surface area (Å²) < 4.78 is 0. The number of benzene rings is 2. The molecule has 2 aromatic carbocycles. The van der Waals surface area contributed by atoms with Crippen LogP contribution in [0.4, 0.5) is 0 Å². The van der Waals surface area contributed by atoms with E-state index in [1.165, 1.54) is 11.1 Å². The molecule has 0 spiro atoms. The van der Waals surface area contributed by atoms with Crippen molar-refractivity contribution < 1.29 is 9.90 Å². The molecule has 34 heavy (non-hydrogen) atoms. The molecule has 1 unspecified atom stereocenters. The lowest BCUT2D eigenvalue weighted by molar-refractivity contribution is -0.137. The molecule has 3 aromatic rings. The van der Waals surface area contributed by atoms with E-state index < -0.39 is 5.97 Å². The molecular weight excluding hydrogens is 422 g/mol. The number of aliphatic carboxylic acids is 1. The Labute approximate surface area is 202 Å². The monoisotopic (exact) mass is 457 g/mol. The van der Waals surface area contributed by atoms with Gasteiger partial charge in [0.2, 0.25) is 0 Å². The third-order valence-electron chi connectivity index (χ3n) is 6.82. The third-order valence-corrected chi connectivity index (χ3v) is 6.82. The molecule has 0 saturated carbocycles. The van der Waals surface area contributed by atoms with E-state index in [4.69, 9.17) is 15.1 Å². The third kappa shape index (κ3) is 5.71. The summed E-state index contributed by atoms with van der Waals surface area (Å²) in [7, 11) is 2.18. The van der Waals surface area contributed by atoms with Crippen LogP contribution in [-0.4, -0.2) is 39.5 Å². The van der Waals surface area contributed by atoms with Gasteiger partial charge in [-0.05, 0) is 33.7 Å². The number of fused-ring (bicyclic) bond motifs is 1. The van der Waals surface area contributed by atoms with E-state index in [0.717, 1.165) is 79.0 Å². The number of rotatable bonds is 9. The second-order valence-corrected chi connectivity index (χ2v) is 9.58. The summed E-state index contributed by atoms with van der Waals surface area (Å²) in [5.74, 6) is -0.704. The normalized spacial score (nSPS) is 15.8. The molecule has 0 aliphatic carbocycles. The zero-order chi connectivity index (χ0) is 24.1. The number of hydrogen-bond donors (Lipinski definition) is 1. The van der Waals surface area contributed by atoms with Crippen LogP contribution >= 0.6 is 0 Å². The molecule has 0 saturated heterocycles. The summed E-state index contributed by atoms with van der Waals surface area (Å²) in [5, 5.41) is 8.85. The van der Waals surface area contributed by atoms with Crippen LogP contribution in [-0.2, 0) is 11.2 Å². The zero-order valence-corrected chi connectivity index (χ0v) is 20.6. The molecule has 5 nitrogen and oxygen atoms in total. The molecule has 2 heterocycles. The molecule has 1 aliphatic rings. The van der Waals surface area contributed by atoms with Crippen molar-refractivity contribution >= 4 is 5.97 Å². The van der Waals surface area contributed by atoms with E-state index in [2.05, 4.69) is 74.3 Å². The second-order valence-electron chi connectivity index (χ2n) is 9.58. The largest absolute Gasteiger partial charge is 0.481 e. The Morgan fingerprint density at radius 2 is 1.44 bits per heavy atom. The van der Waals surface area contributed by atoms with Gasteiger partial charge in [0.05, 0.1) is 28.8 Å². The molecule has 0 radical (unpaired) electrons. The molecule has 1 atom stereocenters. The highest BCUT2D eigenvalue weighted by Gasteiger charge is 2.29. The lowest BCUT2D eigenvalue weighted by atomic mass is 9.94. The van der Waals surface area contributed by atoms with E-state index in [9.17, 15) is 4.79 Å². The van der Waals surface area contributed by atoms with Crippen molar-refractivity contribution in [3.8, 4) is 22.5 Å². The van der Waals surface area contributed by atoms with Gasteiger partial charge in [-0.3, -0.25) is 9.69 Å². The van der Waals surface area contributed by atoms with Gasteiger partial charge in [0.25, 0.3) is 0 Å². The van der Waals surface area contributed by atoms with Gasteiger partial charge in [-0.15, -0.1) is 0 Å². The van der Waals surface area contributed by atoms with E-state index >= 15 is 0 Å². The summed E-state index contributed by atoms with van der Waals surface area (Å²) in [6.45, 7) is 5.18. The Hall–Kier alpha value is -3.05. The molecule has 0 fully saturated rings. The maximum atomic E-state index is 10.8. The predicted molar refractivity (Wildman–Crippen MR) is 137 cm³/mol. The number of carboxylic acids is 1. The quantitative estimate of drug-likeness (QED) is 0.378. The Morgan fingerprint density at radius 1 is 0.882 bits per heavy atom. The number of carboxylic acid groups (broad SMARTS) is 1. The minimum Gasteiger partial charge on any atom is -0.481 e. The smallest absolute Gasteiger partial charge is 0.303 e. The fraction of sp³-hybridized carbons (Fsp3) is 0.414. The molecule has 5 heteroatoms. The summed E-state index contributed by atoms with van der Waals surface area (Å²) in [6, 6.07) is 17.4. The van der Waals surface area contributed by atoms with Gasteiger partial charge in [-0.2, -0.15) is 0 Å². The van der Waals surface area contributed by atoms with Crippen molar-refractivity contribution in [2.75, 3.05) is 13.6 Å². The molecule has 1 aliphatic heterocycles. The van der Waals surface area contributed by atoms with Gasteiger partial charge in [-0.1, -0.05) is 78.9 Å². The molecule has 1 N–H and O–H groups in total. The van der Waals surface area contributed by atoms with Crippen molar-refractivity contribution in [2.45, 2.75) is 64.8 Å². The van der Waals surface area contributed by atoms with Gasteiger partial charge in [0, 0.05) is 30.5 Å². The number of unbranched alkanes of at least 4 members (excludes halogenated alkanes) is 3. The van der Waals surface area contributed by atoms with Crippen LogP contribution in [0.3, 0.4) is 0 Å². The minimum atomic E-state index is -0.704. The van der Waals surface area contributed by atoms with Gasteiger partial charge in [-0.25, -0.2) is 9.97 Å². The summed E-state index contributed by atoms with van der Waals surface area (Å²) in [4.78, 5) is 23.7. The molecular formula is C29H35N3O2. The molecule has 1 aromatic heterocycles. The van der Waals surface area contributed by atoms with Crippen LogP contribution < -0.4 is 0 Å². The van der Waals surface area contributed by atoms with Crippen LogP contribution in [0.1, 0.15) is 67.1 Å². The maximum absolute atomic E-state index is 10.8. The van der Waals surface area contributed by atoms with Crippen LogP contribution in [0.5, 0.6) is 0 Å². The van der Waals surface area contributed by atoms with Crippen LogP contribution in [0.25, 0.3) is 22.5 Å². The average Bonchev–Trinajstić information content (AvgIpc) is 2.82. The van der Waals surface area contributed by atoms with Crippen molar-refractivity contribution in [3.05, 3.63) is 71.0 Å². The Balaban J connectivity index is 1.65. The highest BCUT2D eigenvalue weighted by Crippen LogP contribution is 2.36. The highest BCUT2D eigenvalue weighted by molar-refractivity contribution is 5.78. The standard InChI is InChI=1S/C29H35N3O2/c1-20-10-14-22(15-11-20)27-28(23-16-12-21(2)13-17-23)31-29-24(30-27)18-19-32(3)25(29)8-6-4-5-7-9-26(33)34/h10-17,25H,4-9,18-19H2,1-3H3,(H,33,34). The molecule has 0 amide bonds. The van der Waals surface area contributed by atoms with Gasteiger partial charge in [0.1, 0.15) is 0 Å². The van der Waals surface area contributed by atoms with Gasteiger partial charge >= 0.3 is 5.97 Å². The highest BCUT2D eigenvalue weighted by atomic mass is 16.4. The van der Waals surface area contributed by atoms with Crippen molar-refractivity contribution in [1.29, 1.82) is 0 Å². The zero-order valence-electron chi connectivity index (χ0n) is 20.6. The summed E-state index contributed by atoms with van der Waals surface area (Å²) >= 11 is 0. The van der Waals surface area contributed by atoms with E-state index in [0.29, 0.717) is 0 Å². The fourth-order valence-corrected chi connectivity index (χ4v) is 4.73. The van der Waals surface area contributed by atoms with E-state index in [1.54, 1.807) is 0 Å². The topological polar surface area (TPSA) is 66.3 Å². The first-order chi connectivity index (χ1) is 16.4. The predicted octanol–water partition coefficient (Wildman–Crippen LogP) is 6.38. The van der Waals surface area contributed by atoms with Crippen LogP contribution in [0.2, 0.25) is 0 Å². The van der Waals surface area contributed by atoms with E-state index in [-0.39, 0.29) is 12.5 Å². The van der Waals surface area contributed by atoms with Crippen LogP contribution in [0.15, 0.2) is 48.5 Å². The number of likely N-dealkylation sites (N-methyl/N-ethyl adjacent to an activating group) is 1. The first-order valence-corrected chi connectivity index (χ1v) is 12.4. The van der Waals surface area contributed by atoms with Crippen molar-refractivity contribution in [3.63, 3.8) is 0 Å². The fourth-order valence-electron chi connectivity index (χ4n) is 4.73. The number of aryl methyl sites for hydroxylation is 2. The molecule has 0 bridgehead atoms. The first kappa shape index (κ1) is 24.1. The first-order valence-electron chi connectivity index (χ1n) is 12.4. The van der Waals surface area contributed by atoms with Crippen molar-refractivity contribution in [1.82, 2.24) is 14.9 Å². The maximum Gasteiger partial charge on any atom is 0.303 e. The number of nitrogens with zero attached hydrogens (tertiary/aromatic N) is 3. The lowest BCUT2D eigenvalue weighted by Gasteiger charge is -2.34. The minimum absolute atomic E-state index is 0.243. The number of carbonyl (C=O) groups is 1. The Morgan fingerprint density at radius 3 is 2.03 bits per heavy atom. The van der Waals surface area contributed by atoms with Gasteiger partial charge in [0.15, 0.2) is 0 Å². The summed E-state index contributed by atoms with van der Waals surface area (Å²) in [6.07, 6.45) is 6.01. The SMILES string of the molecule is Cc1ccc(-c2nc3c(nc2-c2ccc(C)cc2)C(CCCCCCC(=O)O)N(C)CC3)cc1.